The van der Waals surface area contributed by atoms with E-state index >= 15 is 0 Å². The first kappa shape index (κ1) is 13.8. The minimum atomic E-state index is -4.55. The predicted octanol–water partition coefficient (Wildman–Crippen LogP) is 2.91. The van der Waals surface area contributed by atoms with Gasteiger partial charge in [0.05, 0.1) is 11.1 Å². The van der Waals surface area contributed by atoms with Gasteiger partial charge < -0.3 is 5.73 Å². The fourth-order valence-electron chi connectivity index (χ4n) is 1.20. The number of rotatable bonds is 1. The number of halogens is 4. The molecule has 0 radical (unpaired) electrons. The molecule has 6 heteroatoms. The highest BCUT2D eigenvalue weighted by Crippen LogP contribution is 2.34. The number of Topliss-reactive ketones (excluding diaryl/α,β-unsaturated/α-hetero) is 1. The predicted molar refractivity (Wildman–Crippen MR) is 53.1 cm³/mol. The van der Waals surface area contributed by atoms with Gasteiger partial charge in [-0.3, -0.25) is 4.79 Å². The first-order valence-electron chi connectivity index (χ1n) is 3.80. The van der Waals surface area contributed by atoms with Crippen LogP contribution in [0.4, 0.5) is 18.9 Å². The average molecular weight is 240 g/mol. The van der Waals surface area contributed by atoms with Crippen molar-refractivity contribution >= 4 is 23.9 Å². The maximum absolute atomic E-state index is 12.4. The van der Waals surface area contributed by atoms with Crippen molar-refractivity contribution in [1.82, 2.24) is 0 Å². The quantitative estimate of drug-likeness (QED) is 0.605. The molecule has 0 saturated heterocycles. The van der Waals surface area contributed by atoms with E-state index in [0.717, 1.165) is 13.0 Å². The van der Waals surface area contributed by atoms with Gasteiger partial charge in [-0.1, -0.05) is 6.07 Å². The number of nitrogens with two attached hydrogens (primary N) is 1. The van der Waals surface area contributed by atoms with Crippen molar-refractivity contribution in [1.29, 1.82) is 0 Å². The van der Waals surface area contributed by atoms with Crippen molar-refractivity contribution in [3.05, 3.63) is 29.3 Å². The van der Waals surface area contributed by atoms with Gasteiger partial charge in [-0.15, -0.1) is 12.4 Å². The Kier molecular flexibility index (Phi) is 4.16. The van der Waals surface area contributed by atoms with Crippen molar-refractivity contribution in [2.45, 2.75) is 13.1 Å². The third-order valence-electron chi connectivity index (χ3n) is 1.75. The van der Waals surface area contributed by atoms with Gasteiger partial charge in [-0.2, -0.15) is 13.2 Å². The molecule has 0 fully saturated rings. The Labute approximate surface area is 90.7 Å². The highest BCUT2D eigenvalue weighted by atomic mass is 35.5. The van der Waals surface area contributed by atoms with Crippen LogP contribution in [-0.2, 0) is 6.18 Å². The van der Waals surface area contributed by atoms with Crippen LogP contribution in [0.1, 0.15) is 22.8 Å². The molecule has 0 atom stereocenters. The summed E-state index contributed by atoms with van der Waals surface area (Å²) in [6.45, 7) is 1.06. The first-order chi connectivity index (χ1) is 6.34. The summed E-state index contributed by atoms with van der Waals surface area (Å²) in [7, 11) is 0. The van der Waals surface area contributed by atoms with Crippen molar-refractivity contribution in [3.8, 4) is 0 Å². The molecule has 2 nitrogen and oxygen atoms in total. The number of hydrogen-bond donors (Lipinski definition) is 1. The fourth-order valence-corrected chi connectivity index (χ4v) is 1.20. The summed E-state index contributed by atoms with van der Waals surface area (Å²) in [6.07, 6.45) is -4.55. The molecule has 0 aromatic heterocycles. The standard InChI is InChI=1S/C9H8F3NO.ClH/c1-5(14)8-6(9(10,11)12)3-2-4-7(8)13;/h2-4H,13H2,1H3;1H. The second kappa shape index (κ2) is 4.53. The molecule has 0 aliphatic carbocycles. The number of carbonyl (C=O) groups is 1. The van der Waals surface area contributed by atoms with Crippen LogP contribution in [0.15, 0.2) is 18.2 Å². The highest BCUT2D eigenvalue weighted by Gasteiger charge is 2.35. The maximum atomic E-state index is 12.4. The van der Waals surface area contributed by atoms with Gasteiger partial charge in [0.2, 0.25) is 0 Å². The molecule has 1 aromatic carbocycles. The molecular formula is C9H9ClF3NO. The molecule has 0 spiro atoms. The van der Waals surface area contributed by atoms with E-state index < -0.39 is 23.1 Å². The van der Waals surface area contributed by atoms with Gasteiger partial charge in [0, 0.05) is 5.69 Å². The van der Waals surface area contributed by atoms with E-state index in [1.807, 2.05) is 0 Å². The SMILES string of the molecule is CC(=O)c1c(N)cccc1C(F)(F)F.Cl. The number of benzene rings is 1. The summed E-state index contributed by atoms with van der Waals surface area (Å²) in [4.78, 5) is 11.0. The topological polar surface area (TPSA) is 43.1 Å². The van der Waals surface area contributed by atoms with Crippen LogP contribution in [0.5, 0.6) is 0 Å². The lowest BCUT2D eigenvalue weighted by molar-refractivity contribution is -0.137. The van der Waals surface area contributed by atoms with Gasteiger partial charge in [0.25, 0.3) is 0 Å². The van der Waals surface area contributed by atoms with Crippen LogP contribution in [0, 0.1) is 0 Å². The molecule has 0 saturated carbocycles. The smallest absolute Gasteiger partial charge is 0.398 e. The summed E-state index contributed by atoms with van der Waals surface area (Å²) < 4.78 is 37.1. The molecule has 2 N–H and O–H groups in total. The summed E-state index contributed by atoms with van der Waals surface area (Å²) in [5.41, 5.74) is 3.71. The zero-order chi connectivity index (χ0) is 10.9. The van der Waals surface area contributed by atoms with Crippen LogP contribution in [-0.4, -0.2) is 5.78 Å². The monoisotopic (exact) mass is 239 g/mol. The molecule has 0 bridgehead atoms. The van der Waals surface area contributed by atoms with Gasteiger partial charge in [-0.25, -0.2) is 0 Å². The van der Waals surface area contributed by atoms with Crippen molar-refractivity contribution in [3.63, 3.8) is 0 Å². The number of alkyl halides is 3. The number of ketones is 1. The Hall–Kier alpha value is -1.23. The molecular weight excluding hydrogens is 231 g/mol. The van der Waals surface area contributed by atoms with Gasteiger partial charge in [-0.05, 0) is 19.1 Å². The summed E-state index contributed by atoms with van der Waals surface area (Å²) in [5, 5.41) is 0. The van der Waals surface area contributed by atoms with Crippen LogP contribution < -0.4 is 5.73 Å². The van der Waals surface area contributed by atoms with Crippen molar-refractivity contribution in [2.24, 2.45) is 0 Å². The molecule has 84 valence electrons. The van der Waals surface area contributed by atoms with Crippen molar-refractivity contribution < 1.29 is 18.0 Å². The summed E-state index contributed by atoms with van der Waals surface area (Å²) in [6, 6.07) is 3.28. The normalized spacial score (nSPS) is 10.7. The van der Waals surface area contributed by atoms with Gasteiger partial charge in [0.1, 0.15) is 0 Å². The van der Waals surface area contributed by atoms with E-state index in [1.165, 1.54) is 12.1 Å². The van der Waals surface area contributed by atoms with Crippen LogP contribution in [0.3, 0.4) is 0 Å². The first-order valence-corrected chi connectivity index (χ1v) is 3.80. The molecule has 0 aliphatic rings. The van der Waals surface area contributed by atoms with E-state index in [4.69, 9.17) is 5.73 Å². The second-order valence-electron chi connectivity index (χ2n) is 2.82. The van der Waals surface area contributed by atoms with E-state index in [2.05, 4.69) is 0 Å². The summed E-state index contributed by atoms with van der Waals surface area (Å²) in [5.74, 6) is -0.685. The molecule has 0 heterocycles. The third kappa shape index (κ3) is 2.86. The lowest BCUT2D eigenvalue weighted by Gasteiger charge is -2.12. The largest absolute Gasteiger partial charge is 0.417 e. The minimum Gasteiger partial charge on any atom is -0.398 e. The average Bonchev–Trinajstić information content (AvgIpc) is 2.01. The molecule has 15 heavy (non-hydrogen) atoms. The molecule has 0 unspecified atom stereocenters. The number of anilines is 1. The maximum Gasteiger partial charge on any atom is 0.417 e. The van der Waals surface area contributed by atoms with Gasteiger partial charge >= 0.3 is 6.18 Å². The lowest BCUT2D eigenvalue weighted by Crippen LogP contribution is -2.13. The number of nitrogen functional groups attached to an aromatic ring is 1. The lowest BCUT2D eigenvalue weighted by atomic mass is 10.0. The molecule has 1 rings (SSSR count). The fraction of sp³-hybridized carbons (Fsp3) is 0.222. The minimum absolute atomic E-state index is 0. The summed E-state index contributed by atoms with van der Waals surface area (Å²) >= 11 is 0. The molecule has 0 amide bonds. The van der Waals surface area contributed by atoms with E-state index in [1.54, 1.807) is 0 Å². The van der Waals surface area contributed by atoms with Gasteiger partial charge in [0.15, 0.2) is 5.78 Å². The van der Waals surface area contributed by atoms with E-state index in [9.17, 15) is 18.0 Å². The van der Waals surface area contributed by atoms with Crippen molar-refractivity contribution in [2.75, 3.05) is 5.73 Å². The number of carbonyl (C=O) groups excluding carboxylic acids is 1. The van der Waals surface area contributed by atoms with Crippen LogP contribution >= 0.6 is 12.4 Å². The van der Waals surface area contributed by atoms with E-state index in [0.29, 0.717) is 0 Å². The second-order valence-corrected chi connectivity index (χ2v) is 2.82. The van der Waals surface area contributed by atoms with Crippen LogP contribution in [0.2, 0.25) is 0 Å². The number of hydrogen-bond acceptors (Lipinski definition) is 2. The highest BCUT2D eigenvalue weighted by molar-refractivity contribution is 6.00. The molecule has 1 aromatic rings. The van der Waals surface area contributed by atoms with Crippen LogP contribution in [0.25, 0.3) is 0 Å². The zero-order valence-corrected chi connectivity index (χ0v) is 8.58. The zero-order valence-electron chi connectivity index (χ0n) is 7.76. The Bertz CT molecular complexity index is 376. The Morgan fingerprint density at radius 2 is 1.87 bits per heavy atom. The molecule has 0 aliphatic heterocycles. The third-order valence-corrected chi connectivity index (χ3v) is 1.75. The Morgan fingerprint density at radius 3 is 2.20 bits per heavy atom. The van der Waals surface area contributed by atoms with E-state index in [-0.39, 0.29) is 18.1 Å². The Balaban J connectivity index is 0.00000196. The Morgan fingerprint density at radius 1 is 1.33 bits per heavy atom.